The Labute approximate surface area is 186 Å². The molecule has 0 radical (unpaired) electrons. The first-order chi connectivity index (χ1) is 14.8. The zero-order valence-corrected chi connectivity index (χ0v) is 18.6. The second kappa shape index (κ2) is 9.69. The molecule has 1 N–H and O–H groups in total. The molecule has 0 bridgehead atoms. The predicted octanol–water partition coefficient (Wildman–Crippen LogP) is 5.82. The van der Waals surface area contributed by atoms with Crippen LogP contribution in [0.5, 0.6) is 11.6 Å². The minimum Gasteiger partial charge on any atom is -0.493 e. The minimum atomic E-state index is -0.737. The van der Waals surface area contributed by atoms with E-state index in [1.807, 2.05) is 12.1 Å². The van der Waals surface area contributed by atoms with Gasteiger partial charge in [0.25, 0.3) is 0 Å². The number of aromatic hydroxyl groups is 1. The Kier molecular flexibility index (Phi) is 7.01. The maximum Gasteiger partial charge on any atom is 0.311 e. The number of aromatic nitrogens is 1. The van der Waals surface area contributed by atoms with Crippen molar-refractivity contribution in [3.05, 3.63) is 56.5 Å². The lowest BCUT2D eigenvalue weighted by molar-refractivity contribution is -0.385. The molecule has 1 amide bonds. The zero-order valence-electron chi connectivity index (χ0n) is 17.0. The van der Waals surface area contributed by atoms with Crippen molar-refractivity contribution in [1.82, 2.24) is 4.57 Å². The topological polar surface area (TPSA) is 119 Å². The molecular weight excluding hydrogens is 468 g/mol. The summed E-state index contributed by atoms with van der Waals surface area (Å²) in [6, 6.07) is 9.96. The van der Waals surface area contributed by atoms with Gasteiger partial charge in [-0.15, -0.1) is 10.2 Å². The molecule has 0 unspecified atom stereocenters. The quantitative estimate of drug-likeness (QED) is 0.243. The third-order valence-corrected chi connectivity index (χ3v) is 5.12. The molecule has 2 aromatic carbocycles. The molecule has 1 heterocycles. The Bertz CT molecular complexity index is 1170. The number of carbonyl (C=O) groups excluding carboxylic acids is 1. The van der Waals surface area contributed by atoms with Crippen molar-refractivity contribution in [3.63, 3.8) is 0 Å². The first kappa shape index (κ1) is 22.4. The van der Waals surface area contributed by atoms with Gasteiger partial charge in [0, 0.05) is 22.5 Å². The van der Waals surface area contributed by atoms with Crippen molar-refractivity contribution in [2.24, 2.45) is 10.2 Å². The summed E-state index contributed by atoms with van der Waals surface area (Å²) >= 11 is 3.40. The van der Waals surface area contributed by atoms with Gasteiger partial charge in [-0.1, -0.05) is 35.3 Å². The van der Waals surface area contributed by atoms with Crippen LogP contribution in [0.1, 0.15) is 25.3 Å². The molecule has 31 heavy (non-hydrogen) atoms. The monoisotopic (exact) mass is 488 g/mol. The van der Waals surface area contributed by atoms with Crippen LogP contribution in [-0.4, -0.2) is 27.1 Å². The Balaban J connectivity index is 1.82. The number of nitrogens with zero attached hydrogens (tertiary/aromatic N) is 4. The molecule has 0 saturated carbocycles. The summed E-state index contributed by atoms with van der Waals surface area (Å²) in [5.74, 6) is -0.839. The average molecular weight is 489 g/mol. The number of halogens is 1. The summed E-state index contributed by atoms with van der Waals surface area (Å²) in [5.41, 5.74) is 1.43. The van der Waals surface area contributed by atoms with Crippen LogP contribution in [0.3, 0.4) is 0 Å². The van der Waals surface area contributed by atoms with Gasteiger partial charge in [-0.25, -0.2) is 0 Å². The van der Waals surface area contributed by atoms with E-state index in [9.17, 15) is 20.0 Å². The lowest BCUT2D eigenvalue weighted by atomic mass is 10.2. The number of nitro benzene ring substituents is 1. The molecule has 0 aliphatic heterocycles. The van der Waals surface area contributed by atoms with Gasteiger partial charge in [-0.2, -0.15) is 0 Å². The molecule has 0 atom stereocenters. The molecule has 1 aromatic heterocycles. The van der Waals surface area contributed by atoms with E-state index in [-0.39, 0.29) is 23.0 Å². The number of nitro groups is 1. The molecule has 9 nitrogen and oxygen atoms in total. The number of fused-ring (bicyclic) bond motifs is 1. The van der Waals surface area contributed by atoms with Crippen molar-refractivity contribution < 1.29 is 19.6 Å². The molecule has 0 spiro atoms. The maximum absolute atomic E-state index is 12.2. The number of ether oxygens (including phenoxy) is 1. The van der Waals surface area contributed by atoms with E-state index in [0.717, 1.165) is 22.8 Å². The number of hydrogen-bond acceptors (Lipinski definition) is 6. The van der Waals surface area contributed by atoms with Gasteiger partial charge in [-0.05, 0) is 43.2 Å². The molecule has 0 fully saturated rings. The second-order valence-corrected chi connectivity index (χ2v) is 7.87. The Morgan fingerprint density at radius 3 is 2.77 bits per heavy atom. The SMILES string of the molecule is CCCCn1c(O)c(N=NC(=O)COc2ccc(C)cc2[N+](=O)[O-])c2cc(Br)ccc21. The number of hydrogen-bond donors (Lipinski definition) is 1. The van der Waals surface area contributed by atoms with Gasteiger partial charge in [-0.3, -0.25) is 14.9 Å². The van der Waals surface area contributed by atoms with E-state index in [2.05, 4.69) is 33.1 Å². The van der Waals surface area contributed by atoms with Gasteiger partial charge in [0.2, 0.25) is 5.88 Å². The van der Waals surface area contributed by atoms with Crippen LogP contribution < -0.4 is 4.74 Å². The fraction of sp³-hybridized carbons (Fsp3) is 0.286. The molecular formula is C21H21BrN4O5. The molecule has 3 rings (SSSR count). The van der Waals surface area contributed by atoms with Crippen LogP contribution >= 0.6 is 15.9 Å². The number of benzene rings is 2. The average Bonchev–Trinajstić information content (AvgIpc) is 2.99. The van der Waals surface area contributed by atoms with Crippen LogP contribution in [0.4, 0.5) is 11.4 Å². The largest absolute Gasteiger partial charge is 0.493 e. The third-order valence-electron chi connectivity index (χ3n) is 4.63. The number of aryl methyl sites for hydroxylation is 2. The van der Waals surface area contributed by atoms with Gasteiger partial charge >= 0.3 is 11.6 Å². The van der Waals surface area contributed by atoms with Crippen molar-refractivity contribution in [2.45, 2.75) is 33.2 Å². The number of azo groups is 1. The van der Waals surface area contributed by atoms with E-state index in [4.69, 9.17) is 4.74 Å². The van der Waals surface area contributed by atoms with Crippen LogP contribution in [0.15, 0.2) is 51.1 Å². The summed E-state index contributed by atoms with van der Waals surface area (Å²) < 4.78 is 7.81. The summed E-state index contributed by atoms with van der Waals surface area (Å²) in [6.07, 6.45) is 1.82. The first-order valence-corrected chi connectivity index (χ1v) is 10.4. The van der Waals surface area contributed by atoms with E-state index in [1.165, 1.54) is 12.1 Å². The second-order valence-electron chi connectivity index (χ2n) is 6.95. The number of carbonyl (C=O) groups is 1. The van der Waals surface area contributed by atoms with E-state index >= 15 is 0 Å². The third kappa shape index (κ3) is 5.08. The molecule has 0 aliphatic carbocycles. The van der Waals surface area contributed by atoms with Crippen molar-refractivity contribution in [2.75, 3.05) is 6.61 Å². The predicted molar refractivity (Wildman–Crippen MR) is 119 cm³/mol. The van der Waals surface area contributed by atoms with Crippen LogP contribution in [-0.2, 0) is 11.3 Å². The molecule has 3 aromatic rings. The number of unbranched alkanes of at least 4 members (excludes halogenated alkanes) is 1. The van der Waals surface area contributed by atoms with Gasteiger partial charge in [0.15, 0.2) is 18.0 Å². The Morgan fingerprint density at radius 2 is 2.06 bits per heavy atom. The highest BCUT2D eigenvalue weighted by atomic mass is 79.9. The zero-order chi connectivity index (χ0) is 22.5. The summed E-state index contributed by atoms with van der Waals surface area (Å²) in [4.78, 5) is 22.8. The van der Waals surface area contributed by atoms with Crippen molar-refractivity contribution in [3.8, 4) is 11.6 Å². The lowest BCUT2D eigenvalue weighted by Crippen LogP contribution is -2.09. The lowest BCUT2D eigenvalue weighted by Gasteiger charge is -2.05. The summed E-state index contributed by atoms with van der Waals surface area (Å²) in [7, 11) is 0. The summed E-state index contributed by atoms with van der Waals surface area (Å²) in [6.45, 7) is 3.85. The highest BCUT2D eigenvalue weighted by Gasteiger charge is 2.18. The minimum absolute atomic E-state index is 0.0258. The summed E-state index contributed by atoms with van der Waals surface area (Å²) in [5, 5.41) is 30.1. The van der Waals surface area contributed by atoms with E-state index < -0.39 is 17.4 Å². The Hall–Kier alpha value is -3.27. The van der Waals surface area contributed by atoms with Crippen LogP contribution in [0, 0.1) is 17.0 Å². The van der Waals surface area contributed by atoms with Crippen molar-refractivity contribution in [1.29, 1.82) is 0 Å². The fourth-order valence-corrected chi connectivity index (χ4v) is 3.46. The van der Waals surface area contributed by atoms with Gasteiger partial charge in [0.1, 0.15) is 0 Å². The highest BCUT2D eigenvalue weighted by Crippen LogP contribution is 2.40. The first-order valence-electron chi connectivity index (χ1n) is 9.65. The van der Waals surface area contributed by atoms with Gasteiger partial charge in [0.05, 0.1) is 10.4 Å². The van der Waals surface area contributed by atoms with Crippen molar-refractivity contribution >= 4 is 44.1 Å². The molecule has 0 aliphatic rings. The van der Waals surface area contributed by atoms with E-state index in [0.29, 0.717) is 17.5 Å². The van der Waals surface area contributed by atoms with Gasteiger partial charge < -0.3 is 14.4 Å². The van der Waals surface area contributed by atoms with Crippen LogP contribution in [0.25, 0.3) is 10.9 Å². The number of rotatable bonds is 8. The Morgan fingerprint density at radius 1 is 1.29 bits per heavy atom. The fourth-order valence-electron chi connectivity index (χ4n) is 3.10. The van der Waals surface area contributed by atoms with Crippen LogP contribution in [0.2, 0.25) is 0 Å². The highest BCUT2D eigenvalue weighted by molar-refractivity contribution is 9.10. The normalized spacial score (nSPS) is 11.3. The molecule has 0 saturated heterocycles. The van der Waals surface area contributed by atoms with E-state index in [1.54, 1.807) is 23.6 Å². The molecule has 162 valence electrons. The molecule has 10 heteroatoms. The standard InChI is InChI=1S/C21H21BrN4O5/c1-3-4-9-25-16-7-6-14(22)11-15(16)20(21(25)28)24-23-19(27)12-31-18-8-5-13(2)10-17(18)26(29)30/h5-8,10-11,28H,3-4,9,12H2,1-2H3. The maximum atomic E-state index is 12.2. The smallest absolute Gasteiger partial charge is 0.311 e. The number of amides is 1.